The van der Waals surface area contributed by atoms with Gasteiger partial charge < -0.3 is 9.88 Å². The lowest BCUT2D eigenvalue weighted by Gasteiger charge is -2.07. The van der Waals surface area contributed by atoms with Gasteiger partial charge in [-0.05, 0) is 36.4 Å². The number of nitriles is 1. The maximum Gasteiger partial charge on any atom is 0.244 e. The van der Waals surface area contributed by atoms with Gasteiger partial charge in [0.05, 0.1) is 39.0 Å². The normalized spacial score (nSPS) is 10.5. The highest BCUT2D eigenvalue weighted by molar-refractivity contribution is 6.42. The number of fused-ring (bicyclic) bond motifs is 1. The molecule has 0 unspecified atom stereocenters. The molecule has 0 saturated carbocycles. The third-order valence-corrected chi connectivity index (χ3v) is 4.00. The van der Waals surface area contributed by atoms with Gasteiger partial charge in [-0.1, -0.05) is 23.2 Å². The minimum absolute atomic E-state index is 0.0917. The summed E-state index contributed by atoms with van der Waals surface area (Å²) in [6, 6.07) is 12.0. The van der Waals surface area contributed by atoms with E-state index in [0.29, 0.717) is 26.8 Å². The molecule has 0 fully saturated rings. The zero-order valence-electron chi connectivity index (χ0n) is 11.8. The third-order valence-electron chi connectivity index (χ3n) is 3.27. The molecular formula is C16H10Cl2N4O. The Balaban J connectivity index is 1.77. The summed E-state index contributed by atoms with van der Waals surface area (Å²) in [7, 11) is 0. The number of aromatic nitrogens is 2. The van der Waals surface area contributed by atoms with Crippen LogP contribution in [-0.4, -0.2) is 15.5 Å². The molecule has 0 atom stereocenters. The molecular weight excluding hydrogens is 335 g/mol. The first-order valence-corrected chi connectivity index (χ1v) is 7.42. The van der Waals surface area contributed by atoms with Gasteiger partial charge in [0.1, 0.15) is 6.54 Å². The number of halogens is 2. The van der Waals surface area contributed by atoms with Crippen molar-refractivity contribution in [3.8, 4) is 6.07 Å². The van der Waals surface area contributed by atoms with Gasteiger partial charge in [-0.2, -0.15) is 5.26 Å². The monoisotopic (exact) mass is 344 g/mol. The zero-order chi connectivity index (χ0) is 16.4. The fourth-order valence-corrected chi connectivity index (χ4v) is 2.48. The molecule has 0 radical (unpaired) electrons. The van der Waals surface area contributed by atoms with Crippen LogP contribution in [-0.2, 0) is 11.3 Å². The number of hydrogen-bond acceptors (Lipinski definition) is 3. The number of anilines is 1. The summed E-state index contributed by atoms with van der Waals surface area (Å²) in [5, 5.41) is 12.4. The first kappa shape index (κ1) is 15.3. The number of carbonyl (C=O) groups is 1. The van der Waals surface area contributed by atoms with Gasteiger partial charge in [-0.25, -0.2) is 4.98 Å². The Hall–Kier alpha value is -2.55. The molecule has 1 heterocycles. The Kier molecular flexibility index (Phi) is 4.20. The van der Waals surface area contributed by atoms with E-state index >= 15 is 0 Å². The maximum absolute atomic E-state index is 12.1. The van der Waals surface area contributed by atoms with Gasteiger partial charge in [0.15, 0.2) is 0 Å². The van der Waals surface area contributed by atoms with Gasteiger partial charge >= 0.3 is 0 Å². The average molecular weight is 345 g/mol. The molecule has 1 amide bonds. The van der Waals surface area contributed by atoms with Crippen LogP contribution < -0.4 is 5.32 Å². The summed E-state index contributed by atoms with van der Waals surface area (Å²) in [5.41, 5.74) is 2.56. The predicted octanol–water partition coefficient (Wildman–Crippen LogP) is 3.85. The van der Waals surface area contributed by atoms with Crippen molar-refractivity contribution in [2.24, 2.45) is 0 Å². The molecule has 0 bridgehead atoms. The first-order valence-electron chi connectivity index (χ1n) is 6.67. The van der Waals surface area contributed by atoms with Gasteiger partial charge in [0.25, 0.3) is 0 Å². The van der Waals surface area contributed by atoms with Crippen molar-refractivity contribution >= 4 is 45.8 Å². The van der Waals surface area contributed by atoms with E-state index in [0.717, 1.165) is 5.52 Å². The van der Waals surface area contributed by atoms with E-state index in [1.165, 1.54) is 0 Å². The number of nitrogens with zero attached hydrogens (tertiary/aromatic N) is 3. The predicted molar refractivity (Wildman–Crippen MR) is 89.5 cm³/mol. The number of amides is 1. The number of benzene rings is 2. The highest BCUT2D eigenvalue weighted by Gasteiger charge is 2.10. The highest BCUT2D eigenvalue weighted by Crippen LogP contribution is 2.27. The molecule has 3 aromatic rings. The van der Waals surface area contributed by atoms with Crippen LogP contribution in [0.25, 0.3) is 11.0 Å². The van der Waals surface area contributed by atoms with Gasteiger partial charge in [-0.15, -0.1) is 0 Å². The summed E-state index contributed by atoms with van der Waals surface area (Å²) in [4.78, 5) is 16.4. The Labute approximate surface area is 142 Å². The van der Waals surface area contributed by atoms with E-state index in [-0.39, 0.29) is 12.5 Å². The van der Waals surface area contributed by atoms with Gasteiger partial charge in [0.2, 0.25) is 5.91 Å². The summed E-state index contributed by atoms with van der Waals surface area (Å²) in [6.07, 6.45) is 1.57. The van der Waals surface area contributed by atoms with E-state index < -0.39 is 0 Å². The lowest BCUT2D eigenvalue weighted by atomic mass is 10.2. The molecule has 0 spiro atoms. The van der Waals surface area contributed by atoms with E-state index in [9.17, 15) is 4.79 Å². The smallest absolute Gasteiger partial charge is 0.244 e. The summed E-state index contributed by atoms with van der Waals surface area (Å²) in [6.45, 7) is 0.0917. The van der Waals surface area contributed by atoms with Gasteiger partial charge in [0, 0.05) is 5.69 Å². The molecule has 0 aliphatic heterocycles. The number of nitrogens with one attached hydrogen (secondary N) is 1. The molecule has 23 heavy (non-hydrogen) atoms. The zero-order valence-corrected chi connectivity index (χ0v) is 13.3. The minimum Gasteiger partial charge on any atom is -0.325 e. The Morgan fingerprint density at radius 3 is 2.61 bits per heavy atom. The summed E-state index contributed by atoms with van der Waals surface area (Å²) < 4.78 is 1.69. The second-order valence-electron chi connectivity index (χ2n) is 4.86. The number of imidazole rings is 1. The van der Waals surface area contributed by atoms with Gasteiger partial charge in [-0.3, -0.25) is 4.79 Å². The van der Waals surface area contributed by atoms with Crippen LogP contribution in [0.15, 0.2) is 42.7 Å². The standard InChI is InChI=1S/C16H10Cl2N4O/c17-12-5-14-15(6-13(12)18)22(9-20-14)8-16(23)21-11-3-1-10(7-19)2-4-11/h1-6,9H,8H2,(H,21,23). The lowest BCUT2D eigenvalue weighted by molar-refractivity contribution is -0.116. The first-order chi connectivity index (χ1) is 11.1. The average Bonchev–Trinajstić information content (AvgIpc) is 2.90. The largest absolute Gasteiger partial charge is 0.325 e. The molecule has 0 saturated heterocycles. The van der Waals surface area contributed by atoms with E-state index in [2.05, 4.69) is 10.3 Å². The second kappa shape index (κ2) is 6.29. The quantitative estimate of drug-likeness (QED) is 0.784. The minimum atomic E-state index is -0.208. The molecule has 3 rings (SSSR count). The van der Waals surface area contributed by atoms with Crippen LogP contribution in [0, 0.1) is 11.3 Å². The number of carbonyl (C=O) groups excluding carboxylic acids is 1. The van der Waals surface area contributed by atoms with Crippen LogP contribution >= 0.6 is 23.2 Å². The number of rotatable bonds is 3. The Morgan fingerprint density at radius 1 is 1.22 bits per heavy atom. The molecule has 0 aliphatic rings. The van der Waals surface area contributed by atoms with E-state index in [1.54, 1.807) is 47.3 Å². The number of hydrogen-bond donors (Lipinski definition) is 1. The van der Waals surface area contributed by atoms with Crippen molar-refractivity contribution in [2.75, 3.05) is 5.32 Å². The Bertz CT molecular complexity index is 926. The summed E-state index contributed by atoms with van der Waals surface area (Å²) >= 11 is 12.0. The van der Waals surface area contributed by atoms with Crippen molar-refractivity contribution in [3.63, 3.8) is 0 Å². The van der Waals surface area contributed by atoms with Crippen LogP contribution in [0.2, 0.25) is 10.0 Å². The molecule has 7 heteroatoms. The van der Waals surface area contributed by atoms with Crippen molar-refractivity contribution < 1.29 is 4.79 Å². The van der Waals surface area contributed by atoms with Crippen molar-refractivity contribution in [1.82, 2.24) is 9.55 Å². The van der Waals surface area contributed by atoms with Crippen LogP contribution in [0.5, 0.6) is 0 Å². The topological polar surface area (TPSA) is 70.7 Å². The lowest BCUT2D eigenvalue weighted by Crippen LogP contribution is -2.18. The van der Waals surface area contributed by atoms with E-state index in [4.69, 9.17) is 28.5 Å². The molecule has 2 aromatic carbocycles. The maximum atomic E-state index is 12.1. The van der Waals surface area contributed by atoms with Crippen molar-refractivity contribution in [1.29, 1.82) is 5.26 Å². The molecule has 114 valence electrons. The van der Waals surface area contributed by atoms with Crippen LogP contribution in [0.4, 0.5) is 5.69 Å². The fraction of sp³-hybridized carbons (Fsp3) is 0.0625. The fourth-order valence-electron chi connectivity index (χ4n) is 2.16. The van der Waals surface area contributed by atoms with E-state index in [1.807, 2.05) is 6.07 Å². The summed E-state index contributed by atoms with van der Waals surface area (Å²) in [5.74, 6) is -0.208. The van der Waals surface area contributed by atoms with Crippen LogP contribution in [0.1, 0.15) is 5.56 Å². The molecule has 1 aromatic heterocycles. The van der Waals surface area contributed by atoms with Crippen molar-refractivity contribution in [2.45, 2.75) is 6.54 Å². The van der Waals surface area contributed by atoms with Crippen molar-refractivity contribution in [3.05, 3.63) is 58.3 Å². The molecule has 1 N–H and O–H groups in total. The third kappa shape index (κ3) is 3.29. The SMILES string of the molecule is N#Cc1ccc(NC(=O)Cn2cnc3cc(Cl)c(Cl)cc32)cc1. The van der Waals surface area contributed by atoms with Crippen LogP contribution in [0.3, 0.4) is 0 Å². The Morgan fingerprint density at radius 2 is 1.91 bits per heavy atom. The highest BCUT2D eigenvalue weighted by atomic mass is 35.5. The molecule has 5 nitrogen and oxygen atoms in total. The molecule has 0 aliphatic carbocycles. The second-order valence-corrected chi connectivity index (χ2v) is 5.68.